The lowest BCUT2D eigenvalue weighted by molar-refractivity contribution is -0.154. The van der Waals surface area contributed by atoms with Crippen LogP contribution in [0.3, 0.4) is 0 Å². The molecule has 0 aliphatic heterocycles. The SMILES string of the molecule is CCCC(C(=O)O)C1(O)CCCC(CC)CC1. The Labute approximate surface area is 104 Å². The summed E-state index contributed by atoms with van der Waals surface area (Å²) in [4.78, 5) is 11.3. The molecule has 3 atom stereocenters. The molecule has 1 fully saturated rings. The molecule has 0 bridgehead atoms. The molecule has 0 radical (unpaired) electrons. The highest BCUT2D eigenvalue weighted by Crippen LogP contribution is 2.38. The Kier molecular flexibility index (Phi) is 5.44. The molecule has 0 spiro atoms. The Morgan fingerprint density at radius 1 is 1.35 bits per heavy atom. The quantitative estimate of drug-likeness (QED) is 0.728. The van der Waals surface area contributed by atoms with E-state index in [2.05, 4.69) is 6.92 Å². The van der Waals surface area contributed by atoms with Gasteiger partial charge >= 0.3 is 5.97 Å². The Balaban J connectivity index is 2.73. The molecule has 0 aromatic carbocycles. The topological polar surface area (TPSA) is 57.5 Å². The van der Waals surface area contributed by atoms with E-state index in [4.69, 9.17) is 0 Å². The van der Waals surface area contributed by atoms with Crippen molar-refractivity contribution in [3.8, 4) is 0 Å². The van der Waals surface area contributed by atoms with Gasteiger partial charge in [0.25, 0.3) is 0 Å². The minimum atomic E-state index is -0.967. The zero-order chi connectivity index (χ0) is 12.9. The molecule has 0 aromatic heterocycles. The molecule has 3 nitrogen and oxygen atoms in total. The van der Waals surface area contributed by atoms with Crippen LogP contribution >= 0.6 is 0 Å². The zero-order valence-corrected chi connectivity index (χ0v) is 11.1. The van der Waals surface area contributed by atoms with Gasteiger partial charge < -0.3 is 10.2 Å². The molecule has 1 rings (SSSR count). The van der Waals surface area contributed by atoms with Crippen molar-refractivity contribution in [1.82, 2.24) is 0 Å². The third-order valence-corrected chi connectivity index (χ3v) is 4.31. The van der Waals surface area contributed by atoms with Gasteiger partial charge in [-0.25, -0.2) is 0 Å². The van der Waals surface area contributed by atoms with E-state index >= 15 is 0 Å². The van der Waals surface area contributed by atoms with Gasteiger partial charge in [0.1, 0.15) is 0 Å². The van der Waals surface area contributed by atoms with E-state index in [9.17, 15) is 15.0 Å². The predicted molar refractivity (Wildman–Crippen MR) is 67.8 cm³/mol. The maximum absolute atomic E-state index is 11.3. The Morgan fingerprint density at radius 3 is 2.59 bits per heavy atom. The van der Waals surface area contributed by atoms with Gasteiger partial charge in [-0.2, -0.15) is 0 Å². The monoisotopic (exact) mass is 242 g/mol. The molecule has 0 aromatic rings. The average Bonchev–Trinajstić information content (AvgIpc) is 2.48. The number of hydrogen-bond acceptors (Lipinski definition) is 2. The van der Waals surface area contributed by atoms with Crippen molar-refractivity contribution in [3.05, 3.63) is 0 Å². The van der Waals surface area contributed by atoms with Crippen molar-refractivity contribution in [2.24, 2.45) is 11.8 Å². The smallest absolute Gasteiger partial charge is 0.309 e. The molecule has 1 saturated carbocycles. The summed E-state index contributed by atoms with van der Waals surface area (Å²) in [5, 5.41) is 19.9. The summed E-state index contributed by atoms with van der Waals surface area (Å²) in [6.45, 7) is 4.15. The van der Waals surface area contributed by atoms with E-state index in [-0.39, 0.29) is 0 Å². The van der Waals surface area contributed by atoms with Crippen molar-refractivity contribution in [2.45, 2.75) is 70.8 Å². The summed E-state index contributed by atoms with van der Waals surface area (Å²) in [5.74, 6) is -0.743. The molecule has 100 valence electrons. The lowest BCUT2D eigenvalue weighted by atomic mass is 9.78. The summed E-state index contributed by atoms with van der Waals surface area (Å²) >= 11 is 0. The van der Waals surface area contributed by atoms with Crippen molar-refractivity contribution >= 4 is 5.97 Å². The molecule has 0 saturated heterocycles. The normalized spacial score (nSPS) is 31.8. The van der Waals surface area contributed by atoms with Gasteiger partial charge in [0, 0.05) is 0 Å². The summed E-state index contributed by atoms with van der Waals surface area (Å²) < 4.78 is 0. The fourth-order valence-corrected chi connectivity index (χ4v) is 3.09. The summed E-state index contributed by atoms with van der Waals surface area (Å²) in [6, 6.07) is 0. The molecule has 0 heterocycles. The molecule has 1 aliphatic carbocycles. The fourth-order valence-electron chi connectivity index (χ4n) is 3.09. The van der Waals surface area contributed by atoms with Gasteiger partial charge in [0.2, 0.25) is 0 Å². The van der Waals surface area contributed by atoms with Gasteiger partial charge in [-0.1, -0.05) is 39.5 Å². The molecule has 3 unspecified atom stereocenters. The second kappa shape index (κ2) is 6.39. The molecule has 2 N–H and O–H groups in total. The third-order valence-electron chi connectivity index (χ3n) is 4.31. The van der Waals surface area contributed by atoms with Crippen LogP contribution in [-0.2, 0) is 4.79 Å². The van der Waals surface area contributed by atoms with Crippen LogP contribution in [0.15, 0.2) is 0 Å². The predicted octanol–water partition coefficient (Wildman–Crippen LogP) is 3.21. The standard InChI is InChI=1S/C14H26O3/c1-3-6-12(13(15)16)14(17)9-5-7-11(4-2)8-10-14/h11-12,17H,3-10H2,1-2H3,(H,15,16). The largest absolute Gasteiger partial charge is 0.481 e. The zero-order valence-electron chi connectivity index (χ0n) is 11.1. The van der Waals surface area contributed by atoms with Crippen LogP contribution in [0.1, 0.15) is 65.2 Å². The van der Waals surface area contributed by atoms with E-state index in [1.54, 1.807) is 0 Å². The van der Waals surface area contributed by atoms with E-state index in [0.29, 0.717) is 25.2 Å². The number of aliphatic carboxylic acids is 1. The number of carboxylic acid groups (broad SMARTS) is 1. The van der Waals surface area contributed by atoms with Crippen LogP contribution < -0.4 is 0 Å². The first-order valence-corrected chi connectivity index (χ1v) is 6.98. The first-order valence-electron chi connectivity index (χ1n) is 6.98. The maximum Gasteiger partial charge on any atom is 0.309 e. The van der Waals surface area contributed by atoms with Crippen LogP contribution in [0.4, 0.5) is 0 Å². The minimum Gasteiger partial charge on any atom is -0.481 e. The lowest BCUT2D eigenvalue weighted by Crippen LogP contribution is -2.42. The van der Waals surface area contributed by atoms with Crippen LogP contribution in [-0.4, -0.2) is 21.8 Å². The van der Waals surface area contributed by atoms with Crippen LogP contribution in [0.2, 0.25) is 0 Å². The van der Waals surface area contributed by atoms with E-state index in [0.717, 1.165) is 32.1 Å². The van der Waals surface area contributed by atoms with E-state index < -0.39 is 17.5 Å². The summed E-state index contributed by atoms with van der Waals surface area (Å²) in [7, 11) is 0. The number of hydrogen-bond donors (Lipinski definition) is 2. The molecule has 3 heteroatoms. The van der Waals surface area contributed by atoms with E-state index in [1.807, 2.05) is 6.92 Å². The van der Waals surface area contributed by atoms with E-state index in [1.165, 1.54) is 0 Å². The maximum atomic E-state index is 11.3. The molecular weight excluding hydrogens is 216 g/mol. The highest BCUT2D eigenvalue weighted by Gasteiger charge is 2.41. The number of rotatable bonds is 5. The van der Waals surface area contributed by atoms with Crippen LogP contribution in [0.25, 0.3) is 0 Å². The van der Waals surface area contributed by atoms with Crippen molar-refractivity contribution in [3.63, 3.8) is 0 Å². The number of aliphatic hydroxyl groups is 1. The highest BCUT2D eigenvalue weighted by atomic mass is 16.4. The second-order valence-electron chi connectivity index (χ2n) is 5.49. The van der Waals surface area contributed by atoms with Crippen molar-refractivity contribution in [1.29, 1.82) is 0 Å². The van der Waals surface area contributed by atoms with Gasteiger partial charge in [-0.15, -0.1) is 0 Å². The third kappa shape index (κ3) is 3.70. The van der Waals surface area contributed by atoms with Crippen LogP contribution in [0.5, 0.6) is 0 Å². The number of carboxylic acids is 1. The first-order chi connectivity index (χ1) is 8.03. The average molecular weight is 242 g/mol. The molecule has 17 heavy (non-hydrogen) atoms. The summed E-state index contributed by atoms with van der Waals surface area (Å²) in [5.41, 5.74) is -0.967. The second-order valence-corrected chi connectivity index (χ2v) is 5.49. The Morgan fingerprint density at radius 2 is 2.06 bits per heavy atom. The fraction of sp³-hybridized carbons (Fsp3) is 0.929. The Hall–Kier alpha value is -0.570. The molecule has 0 amide bonds. The highest BCUT2D eigenvalue weighted by molar-refractivity contribution is 5.71. The first kappa shape index (κ1) is 14.5. The van der Waals surface area contributed by atoms with Gasteiger partial charge in [-0.05, 0) is 31.6 Å². The van der Waals surface area contributed by atoms with Crippen molar-refractivity contribution in [2.75, 3.05) is 0 Å². The number of carbonyl (C=O) groups is 1. The molecule has 1 aliphatic rings. The summed E-state index contributed by atoms with van der Waals surface area (Å²) in [6.07, 6.45) is 6.92. The molecular formula is C14H26O3. The van der Waals surface area contributed by atoms with Crippen LogP contribution in [0, 0.1) is 11.8 Å². The van der Waals surface area contributed by atoms with Crippen molar-refractivity contribution < 1.29 is 15.0 Å². The lowest BCUT2D eigenvalue weighted by Gasteiger charge is -2.33. The van der Waals surface area contributed by atoms with Gasteiger partial charge in [-0.3, -0.25) is 4.79 Å². The Bertz CT molecular complexity index is 252. The van der Waals surface area contributed by atoms with Gasteiger partial charge in [0.05, 0.1) is 11.5 Å². The van der Waals surface area contributed by atoms with Gasteiger partial charge in [0.15, 0.2) is 0 Å². The minimum absolute atomic E-state index is 0.580.